The molecule has 224 valence electrons. The topological polar surface area (TPSA) is 134 Å². The van der Waals surface area contributed by atoms with E-state index in [1.165, 1.54) is 30.0 Å². The van der Waals surface area contributed by atoms with Crippen LogP contribution < -0.4 is 20.7 Å². The minimum absolute atomic E-state index is 0.00105. The molecule has 0 unspecified atom stereocenters. The van der Waals surface area contributed by atoms with Gasteiger partial charge in [-0.25, -0.2) is 4.79 Å². The van der Waals surface area contributed by atoms with Crippen LogP contribution >= 0.6 is 23.4 Å². The average molecular weight is 630 g/mol. The number of hydrogen-bond donors (Lipinski definition) is 4. The van der Waals surface area contributed by atoms with Gasteiger partial charge >= 0.3 is 5.97 Å². The van der Waals surface area contributed by atoms with Gasteiger partial charge in [-0.1, -0.05) is 48.0 Å². The van der Waals surface area contributed by atoms with Crippen molar-refractivity contribution in [2.24, 2.45) is 0 Å². The molecule has 44 heavy (non-hydrogen) atoms. The normalized spacial score (nSPS) is 10.9. The number of rotatable bonds is 12. The molecule has 0 saturated heterocycles. The summed E-state index contributed by atoms with van der Waals surface area (Å²) in [5.74, 6) is -1.83. The summed E-state index contributed by atoms with van der Waals surface area (Å²) in [4.78, 5) is 50.8. The maximum absolute atomic E-state index is 13.4. The van der Waals surface area contributed by atoms with Crippen molar-refractivity contribution < 1.29 is 29.0 Å². The molecule has 0 aliphatic heterocycles. The van der Waals surface area contributed by atoms with Crippen molar-refractivity contribution in [1.82, 2.24) is 5.32 Å². The molecule has 0 atom stereocenters. The van der Waals surface area contributed by atoms with E-state index in [1.807, 2.05) is 6.92 Å². The summed E-state index contributed by atoms with van der Waals surface area (Å²) < 4.78 is 5.48. The molecule has 0 bridgehead atoms. The van der Waals surface area contributed by atoms with Crippen molar-refractivity contribution in [3.8, 4) is 5.75 Å². The van der Waals surface area contributed by atoms with Crippen molar-refractivity contribution in [2.75, 3.05) is 23.0 Å². The van der Waals surface area contributed by atoms with Gasteiger partial charge in [0.15, 0.2) is 0 Å². The highest BCUT2D eigenvalue weighted by Crippen LogP contribution is 2.26. The van der Waals surface area contributed by atoms with Gasteiger partial charge < -0.3 is 25.8 Å². The number of nitrogens with one attached hydrogen (secondary N) is 3. The first-order valence-electron chi connectivity index (χ1n) is 13.4. The van der Waals surface area contributed by atoms with Gasteiger partial charge in [-0.05, 0) is 79.2 Å². The number of halogens is 1. The Balaban J connectivity index is 1.45. The number of hydrogen-bond acceptors (Lipinski definition) is 6. The zero-order valence-corrected chi connectivity index (χ0v) is 25.1. The summed E-state index contributed by atoms with van der Waals surface area (Å²) in [5, 5.41) is 17.5. The van der Waals surface area contributed by atoms with Crippen LogP contribution in [0.5, 0.6) is 5.75 Å². The minimum Gasteiger partial charge on any atom is -0.494 e. The number of aromatic carboxylic acids is 1. The molecule has 0 aliphatic rings. The van der Waals surface area contributed by atoms with Crippen molar-refractivity contribution in [1.29, 1.82) is 0 Å². The van der Waals surface area contributed by atoms with Gasteiger partial charge in [0.2, 0.25) is 5.91 Å². The molecular formula is C33H28ClN3O6S. The summed E-state index contributed by atoms with van der Waals surface area (Å²) in [7, 11) is 0. The second-order valence-electron chi connectivity index (χ2n) is 9.20. The third kappa shape index (κ3) is 9.22. The molecule has 11 heteroatoms. The smallest absolute Gasteiger partial charge is 0.335 e. The van der Waals surface area contributed by atoms with E-state index in [0.29, 0.717) is 34.1 Å². The summed E-state index contributed by atoms with van der Waals surface area (Å²) in [6, 6.07) is 26.6. The van der Waals surface area contributed by atoms with Crippen molar-refractivity contribution in [2.45, 2.75) is 11.8 Å². The first-order valence-corrected chi connectivity index (χ1v) is 14.8. The molecule has 0 heterocycles. The summed E-state index contributed by atoms with van der Waals surface area (Å²) in [6.45, 7) is 2.41. The van der Waals surface area contributed by atoms with Crippen LogP contribution in [0, 0.1) is 0 Å². The van der Waals surface area contributed by atoms with E-state index in [1.54, 1.807) is 84.9 Å². The van der Waals surface area contributed by atoms with Crippen molar-refractivity contribution >= 4 is 64.5 Å². The molecule has 0 aromatic heterocycles. The van der Waals surface area contributed by atoms with Crippen LogP contribution in [0.3, 0.4) is 0 Å². The van der Waals surface area contributed by atoms with E-state index in [4.69, 9.17) is 16.3 Å². The summed E-state index contributed by atoms with van der Waals surface area (Å²) in [6.07, 6.45) is 1.57. The van der Waals surface area contributed by atoms with Gasteiger partial charge in [0.1, 0.15) is 11.4 Å². The van der Waals surface area contributed by atoms with Gasteiger partial charge in [0.05, 0.1) is 28.6 Å². The summed E-state index contributed by atoms with van der Waals surface area (Å²) in [5.41, 5.74) is 1.74. The molecule has 4 aromatic rings. The predicted octanol–water partition coefficient (Wildman–Crippen LogP) is 6.58. The molecule has 0 fully saturated rings. The first-order chi connectivity index (χ1) is 21.2. The lowest BCUT2D eigenvalue weighted by molar-refractivity contribution is -0.114. The number of carbonyl (C=O) groups is 4. The third-order valence-corrected chi connectivity index (χ3v) is 7.30. The highest BCUT2D eigenvalue weighted by Gasteiger charge is 2.16. The monoisotopic (exact) mass is 629 g/mol. The van der Waals surface area contributed by atoms with Crippen LogP contribution in [0.25, 0.3) is 6.08 Å². The van der Waals surface area contributed by atoms with Gasteiger partial charge in [-0.2, -0.15) is 0 Å². The SMILES string of the molecule is CCOc1ccc(/C=C(/NC(=O)c2ccccc2)C(=O)Nc2cccc(SCC(=O)Nc3cc(C(=O)O)ccc3Cl)c2)cc1. The van der Waals surface area contributed by atoms with Crippen molar-refractivity contribution in [3.63, 3.8) is 0 Å². The zero-order chi connectivity index (χ0) is 31.5. The molecule has 4 aromatic carbocycles. The molecule has 0 radical (unpaired) electrons. The molecule has 9 nitrogen and oxygen atoms in total. The number of thioether (sulfide) groups is 1. The fraction of sp³-hybridized carbons (Fsp3) is 0.0909. The zero-order valence-electron chi connectivity index (χ0n) is 23.5. The molecule has 0 spiro atoms. The minimum atomic E-state index is -1.14. The van der Waals surface area contributed by atoms with Gasteiger partial charge in [0.25, 0.3) is 11.8 Å². The number of benzene rings is 4. The first kappa shape index (κ1) is 31.9. The lowest BCUT2D eigenvalue weighted by Crippen LogP contribution is -2.30. The van der Waals surface area contributed by atoms with Crippen LogP contribution in [-0.2, 0) is 9.59 Å². The van der Waals surface area contributed by atoms with E-state index < -0.39 is 23.7 Å². The predicted molar refractivity (Wildman–Crippen MR) is 172 cm³/mol. The van der Waals surface area contributed by atoms with E-state index in [2.05, 4.69) is 16.0 Å². The Kier molecular flexibility index (Phi) is 11.2. The maximum atomic E-state index is 13.4. The van der Waals surface area contributed by atoms with Crippen LogP contribution in [-0.4, -0.2) is 41.2 Å². The van der Waals surface area contributed by atoms with Crippen LogP contribution in [0.4, 0.5) is 11.4 Å². The second-order valence-corrected chi connectivity index (χ2v) is 10.7. The number of anilines is 2. The number of amides is 3. The molecule has 0 aliphatic carbocycles. The second kappa shape index (κ2) is 15.4. The van der Waals surface area contributed by atoms with E-state index in [9.17, 15) is 24.3 Å². The highest BCUT2D eigenvalue weighted by molar-refractivity contribution is 8.00. The van der Waals surface area contributed by atoms with E-state index in [0.717, 1.165) is 0 Å². The standard InChI is InChI=1S/C33H28ClN3O6S/c1-2-43-25-14-11-21(12-15-25)17-29(37-31(39)22-7-4-3-5-8-22)32(40)35-24-9-6-10-26(19-24)44-20-30(38)36-28-18-23(33(41)42)13-16-27(28)34/h3-19H,2,20H2,1H3,(H,35,40)(H,36,38)(H,37,39)(H,41,42)/b29-17+. The Bertz CT molecular complexity index is 1690. The van der Waals surface area contributed by atoms with E-state index in [-0.39, 0.29) is 27.7 Å². The van der Waals surface area contributed by atoms with Crippen LogP contribution in [0.1, 0.15) is 33.2 Å². The molecule has 4 rings (SSSR count). The van der Waals surface area contributed by atoms with Gasteiger partial charge in [-0.15, -0.1) is 11.8 Å². The number of carboxylic acid groups (broad SMARTS) is 1. The molecular weight excluding hydrogens is 602 g/mol. The number of ether oxygens (including phenoxy) is 1. The Labute approximate surface area is 263 Å². The van der Waals surface area contributed by atoms with Crippen molar-refractivity contribution in [3.05, 3.63) is 124 Å². The maximum Gasteiger partial charge on any atom is 0.335 e. The Hall–Kier alpha value is -5.06. The number of carbonyl (C=O) groups excluding carboxylic acids is 3. The average Bonchev–Trinajstić information content (AvgIpc) is 3.02. The fourth-order valence-electron chi connectivity index (χ4n) is 3.89. The molecule has 4 N–H and O–H groups in total. The van der Waals surface area contributed by atoms with Crippen LogP contribution in [0.2, 0.25) is 5.02 Å². The lowest BCUT2D eigenvalue weighted by atomic mass is 10.1. The van der Waals surface area contributed by atoms with E-state index >= 15 is 0 Å². The van der Waals surface area contributed by atoms with Gasteiger partial charge in [0, 0.05) is 16.1 Å². The van der Waals surface area contributed by atoms with Crippen LogP contribution in [0.15, 0.2) is 108 Å². The molecule has 3 amide bonds. The Morgan fingerprint density at radius 2 is 1.61 bits per heavy atom. The Morgan fingerprint density at radius 3 is 2.32 bits per heavy atom. The highest BCUT2D eigenvalue weighted by atomic mass is 35.5. The largest absolute Gasteiger partial charge is 0.494 e. The third-order valence-electron chi connectivity index (χ3n) is 5.98. The molecule has 0 saturated carbocycles. The fourth-order valence-corrected chi connectivity index (χ4v) is 4.81. The van der Waals surface area contributed by atoms with Gasteiger partial charge in [-0.3, -0.25) is 14.4 Å². The summed E-state index contributed by atoms with van der Waals surface area (Å²) >= 11 is 7.31. The lowest BCUT2D eigenvalue weighted by Gasteiger charge is -2.12. The Morgan fingerprint density at radius 1 is 0.864 bits per heavy atom. The number of carboxylic acids is 1. The quantitative estimate of drug-likeness (QED) is 0.103.